The van der Waals surface area contributed by atoms with Crippen LogP contribution >= 0.6 is 0 Å². The molecule has 1 fully saturated rings. The van der Waals surface area contributed by atoms with Crippen molar-refractivity contribution in [1.29, 1.82) is 0 Å². The van der Waals surface area contributed by atoms with Gasteiger partial charge in [0.25, 0.3) is 0 Å². The molecule has 162 valence electrons. The fraction of sp³-hybridized carbons (Fsp3) is 0.231. The Morgan fingerprint density at radius 1 is 0.875 bits per heavy atom. The predicted molar refractivity (Wildman–Crippen MR) is 125 cm³/mol. The van der Waals surface area contributed by atoms with Crippen LogP contribution in [0.1, 0.15) is 11.1 Å². The second-order valence-electron chi connectivity index (χ2n) is 8.27. The van der Waals surface area contributed by atoms with Crippen LogP contribution in [0.5, 0.6) is 0 Å². The van der Waals surface area contributed by atoms with E-state index in [1.807, 2.05) is 35.3 Å². The van der Waals surface area contributed by atoms with E-state index >= 15 is 0 Å². The van der Waals surface area contributed by atoms with Gasteiger partial charge in [-0.15, -0.1) is 0 Å². The number of nitrogens with zero attached hydrogens (tertiary/aromatic N) is 5. The molecule has 5 rings (SSSR count). The Bertz CT molecular complexity index is 1200. The Morgan fingerprint density at radius 3 is 2.41 bits per heavy atom. The van der Waals surface area contributed by atoms with Crippen molar-refractivity contribution in [2.24, 2.45) is 0 Å². The zero-order chi connectivity index (χ0) is 21.9. The number of aryl methyl sites for hydroxylation is 1. The van der Waals surface area contributed by atoms with Crippen LogP contribution in [0.3, 0.4) is 0 Å². The maximum absolute atomic E-state index is 14.0. The number of benzene rings is 2. The van der Waals surface area contributed by atoms with E-state index in [2.05, 4.69) is 52.2 Å². The number of piperazine rings is 1. The van der Waals surface area contributed by atoms with Crippen molar-refractivity contribution in [1.82, 2.24) is 19.7 Å². The third-order valence-corrected chi connectivity index (χ3v) is 5.95. The molecule has 0 amide bonds. The molecule has 1 saturated heterocycles. The smallest absolute Gasteiger partial charge is 0.123 e. The molecule has 3 heterocycles. The SMILES string of the molecule is Cc1cccc(-n2cc(CN3CCN(c4ccncc4)CC3)c(-c3cccc(F)c3)n2)c1. The van der Waals surface area contributed by atoms with Crippen LogP contribution in [0.25, 0.3) is 16.9 Å². The predicted octanol–water partition coefficient (Wildman–Crippen LogP) is 4.70. The van der Waals surface area contributed by atoms with Crippen molar-refractivity contribution in [3.63, 3.8) is 0 Å². The number of halogens is 1. The zero-order valence-corrected chi connectivity index (χ0v) is 18.2. The van der Waals surface area contributed by atoms with Crippen LogP contribution < -0.4 is 4.90 Å². The van der Waals surface area contributed by atoms with Gasteiger partial charge in [0.15, 0.2) is 0 Å². The van der Waals surface area contributed by atoms with Gasteiger partial charge in [-0.3, -0.25) is 9.88 Å². The summed E-state index contributed by atoms with van der Waals surface area (Å²) in [5.74, 6) is -0.246. The molecule has 0 aliphatic carbocycles. The minimum Gasteiger partial charge on any atom is -0.369 e. The molecule has 0 radical (unpaired) electrons. The molecule has 0 N–H and O–H groups in total. The summed E-state index contributed by atoms with van der Waals surface area (Å²) in [5, 5.41) is 4.87. The topological polar surface area (TPSA) is 37.2 Å². The van der Waals surface area contributed by atoms with E-state index in [0.717, 1.165) is 55.2 Å². The summed E-state index contributed by atoms with van der Waals surface area (Å²) in [5.41, 5.74) is 6.15. The highest BCUT2D eigenvalue weighted by Crippen LogP contribution is 2.26. The van der Waals surface area contributed by atoms with Crippen molar-refractivity contribution in [2.75, 3.05) is 31.1 Å². The van der Waals surface area contributed by atoms with Crippen LogP contribution in [0, 0.1) is 12.7 Å². The Labute approximate surface area is 187 Å². The highest BCUT2D eigenvalue weighted by Gasteiger charge is 2.21. The third kappa shape index (κ3) is 4.41. The first-order valence-corrected chi connectivity index (χ1v) is 10.9. The summed E-state index contributed by atoms with van der Waals surface area (Å²) < 4.78 is 15.9. The maximum atomic E-state index is 14.0. The fourth-order valence-corrected chi connectivity index (χ4v) is 4.27. The van der Waals surface area contributed by atoms with Crippen molar-refractivity contribution in [3.8, 4) is 16.9 Å². The summed E-state index contributed by atoms with van der Waals surface area (Å²) in [6.45, 7) is 6.70. The molecule has 0 saturated carbocycles. The number of anilines is 1. The molecule has 1 aliphatic rings. The van der Waals surface area contributed by atoms with Crippen LogP contribution in [0.2, 0.25) is 0 Å². The molecule has 5 nitrogen and oxygen atoms in total. The first-order valence-electron chi connectivity index (χ1n) is 10.9. The van der Waals surface area contributed by atoms with Crippen LogP contribution in [0.15, 0.2) is 79.3 Å². The highest BCUT2D eigenvalue weighted by atomic mass is 19.1. The first kappa shape index (κ1) is 20.4. The molecule has 0 bridgehead atoms. The summed E-state index contributed by atoms with van der Waals surface area (Å²) in [7, 11) is 0. The average molecular weight is 428 g/mol. The zero-order valence-electron chi connectivity index (χ0n) is 18.2. The molecule has 2 aromatic heterocycles. The summed E-state index contributed by atoms with van der Waals surface area (Å²) in [6, 6.07) is 19.1. The quantitative estimate of drug-likeness (QED) is 0.463. The van der Waals surface area contributed by atoms with Crippen LogP contribution in [-0.4, -0.2) is 45.8 Å². The van der Waals surface area contributed by atoms with Crippen LogP contribution in [0.4, 0.5) is 10.1 Å². The van der Waals surface area contributed by atoms with Gasteiger partial charge < -0.3 is 4.90 Å². The summed E-state index contributed by atoms with van der Waals surface area (Å²) >= 11 is 0. The van der Waals surface area contributed by atoms with E-state index in [4.69, 9.17) is 5.10 Å². The fourth-order valence-electron chi connectivity index (χ4n) is 4.27. The van der Waals surface area contributed by atoms with E-state index in [0.29, 0.717) is 0 Å². The maximum Gasteiger partial charge on any atom is 0.123 e. The highest BCUT2D eigenvalue weighted by molar-refractivity contribution is 5.63. The number of rotatable bonds is 5. The minimum absolute atomic E-state index is 0.246. The van der Waals surface area contributed by atoms with E-state index in [1.165, 1.54) is 17.3 Å². The second kappa shape index (κ2) is 8.93. The molecule has 0 atom stereocenters. The standard InChI is InChI=1S/C26H26FN5/c1-20-4-2-7-25(16-20)32-19-22(26(29-32)21-5-3-6-23(27)17-21)18-30-12-14-31(15-13-30)24-8-10-28-11-9-24/h2-11,16-17,19H,12-15,18H2,1H3. The second-order valence-corrected chi connectivity index (χ2v) is 8.27. The molecule has 0 unspecified atom stereocenters. The molecular weight excluding hydrogens is 401 g/mol. The Balaban J connectivity index is 1.40. The largest absolute Gasteiger partial charge is 0.369 e. The number of aromatic nitrogens is 3. The average Bonchev–Trinajstić information content (AvgIpc) is 3.24. The lowest BCUT2D eigenvalue weighted by molar-refractivity contribution is 0.250. The Kier molecular flexibility index (Phi) is 5.69. The van der Waals surface area contributed by atoms with Gasteiger partial charge in [0.2, 0.25) is 0 Å². The Hall–Kier alpha value is -3.51. The lowest BCUT2D eigenvalue weighted by Gasteiger charge is -2.36. The van der Waals surface area contributed by atoms with E-state index < -0.39 is 0 Å². The van der Waals surface area contributed by atoms with Crippen molar-refractivity contribution < 1.29 is 4.39 Å². The van der Waals surface area contributed by atoms with Gasteiger partial charge in [-0.05, 0) is 48.9 Å². The molecular formula is C26H26FN5. The number of pyridine rings is 1. The molecule has 0 spiro atoms. The minimum atomic E-state index is -0.246. The van der Waals surface area contributed by atoms with Gasteiger partial charge in [-0.2, -0.15) is 5.10 Å². The third-order valence-electron chi connectivity index (χ3n) is 5.95. The monoisotopic (exact) mass is 427 g/mol. The number of hydrogen-bond acceptors (Lipinski definition) is 4. The van der Waals surface area contributed by atoms with Gasteiger partial charge in [0.05, 0.1) is 11.4 Å². The van der Waals surface area contributed by atoms with Gasteiger partial charge in [0.1, 0.15) is 5.82 Å². The van der Waals surface area contributed by atoms with Crippen molar-refractivity contribution in [2.45, 2.75) is 13.5 Å². The van der Waals surface area contributed by atoms with E-state index in [9.17, 15) is 4.39 Å². The summed E-state index contributed by atoms with van der Waals surface area (Å²) in [6.07, 6.45) is 5.77. The Morgan fingerprint density at radius 2 is 1.66 bits per heavy atom. The molecule has 6 heteroatoms. The normalized spacial score (nSPS) is 14.6. The van der Waals surface area contributed by atoms with E-state index in [-0.39, 0.29) is 5.82 Å². The number of hydrogen-bond donors (Lipinski definition) is 0. The van der Waals surface area contributed by atoms with Gasteiger partial charge >= 0.3 is 0 Å². The van der Waals surface area contributed by atoms with Crippen LogP contribution in [-0.2, 0) is 6.54 Å². The van der Waals surface area contributed by atoms with Gasteiger partial charge in [-0.25, -0.2) is 9.07 Å². The molecule has 2 aromatic carbocycles. The molecule has 1 aliphatic heterocycles. The van der Waals surface area contributed by atoms with Crippen molar-refractivity contribution in [3.05, 3.63) is 96.2 Å². The lowest BCUT2D eigenvalue weighted by atomic mass is 10.1. The van der Waals surface area contributed by atoms with Crippen molar-refractivity contribution >= 4 is 5.69 Å². The molecule has 32 heavy (non-hydrogen) atoms. The van der Waals surface area contributed by atoms with E-state index in [1.54, 1.807) is 12.1 Å². The summed E-state index contributed by atoms with van der Waals surface area (Å²) in [4.78, 5) is 8.95. The molecule has 4 aromatic rings. The van der Waals surface area contributed by atoms with Gasteiger partial charge in [0, 0.05) is 68.1 Å². The lowest BCUT2D eigenvalue weighted by Crippen LogP contribution is -2.46. The van der Waals surface area contributed by atoms with Gasteiger partial charge in [-0.1, -0.05) is 24.3 Å². The first-order chi connectivity index (χ1) is 15.7.